The normalized spacial score (nSPS) is 22.0. The van der Waals surface area contributed by atoms with Crippen molar-refractivity contribution in [1.29, 1.82) is 0 Å². The van der Waals surface area contributed by atoms with Crippen molar-refractivity contribution in [2.75, 3.05) is 51.8 Å². The summed E-state index contributed by atoms with van der Waals surface area (Å²) in [4.78, 5) is 5.02. The largest absolute Gasteiger partial charge is 0.382 e. The van der Waals surface area contributed by atoms with Crippen molar-refractivity contribution in [3.63, 3.8) is 0 Å². The summed E-state index contributed by atoms with van der Waals surface area (Å²) in [5.74, 6) is 2.12. The molecule has 0 aromatic carbocycles. The van der Waals surface area contributed by atoms with E-state index in [0.29, 0.717) is 5.41 Å². The maximum Gasteiger partial charge on any atom is 0.191 e. The summed E-state index contributed by atoms with van der Waals surface area (Å²) in [5.41, 5.74) is 0.339. The van der Waals surface area contributed by atoms with Crippen molar-refractivity contribution in [2.24, 2.45) is 10.4 Å². The van der Waals surface area contributed by atoms with Crippen molar-refractivity contribution in [1.82, 2.24) is 10.6 Å². The number of nitrogens with one attached hydrogen (secondary N) is 2. The summed E-state index contributed by atoms with van der Waals surface area (Å²) in [5, 5.41) is 7.11. The van der Waals surface area contributed by atoms with E-state index in [1.54, 1.807) is 0 Å². The first-order chi connectivity index (χ1) is 13.2. The van der Waals surface area contributed by atoms with E-state index in [1.165, 1.54) is 25.7 Å². The SMILES string of the molecule is CCNC(=NCC1(CCOCC)CCCC1)NCC1(SCC)CCOCC1. The van der Waals surface area contributed by atoms with Crippen LogP contribution in [-0.2, 0) is 9.47 Å². The van der Waals surface area contributed by atoms with Gasteiger partial charge in [0.25, 0.3) is 0 Å². The van der Waals surface area contributed by atoms with Crippen LogP contribution in [0.1, 0.15) is 65.7 Å². The number of hydrogen-bond acceptors (Lipinski definition) is 4. The Labute approximate surface area is 170 Å². The summed E-state index contributed by atoms with van der Waals surface area (Å²) in [6.45, 7) is 12.7. The van der Waals surface area contributed by atoms with Gasteiger partial charge in [-0.2, -0.15) is 11.8 Å². The summed E-state index contributed by atoms with van der Waals surface area (Å²) in [6.07, 6.45) is 8.62. The zero-order valence-electron chi connectivity index (χ0n) is 17.8. The molecule has 6 heteroatoms. The Bertz CT molecular complexity index is 428. The molecule has 0 aromatic rings. The van der Waals surface area contributed by atoms with Gasteiger partial charge < -0.3 is 20.1 Å². The van der Waals surface area contributed by atoms with E-state index in [4.69, 9.17) is 14.5 Å². The number of aliphatic imine (C=N–C) groups is 1. The molecule has 0 aromatic heterocycles. The summed E-state index contributed by atoms with van der Waals surface area (Å²) < 4.78 is 11.5. The first-order valence-electron chi connectivity index (χ1n) is 11.0. The molecule has 5 nitrogen and oxygen atoms in total. The second-order valence-corrected chi connectivity index (χ2v) is 9.66. The van der Waals surface area contributed by atoms with Crippen LogP contribution in [0.3, 0.4) is 0 Å². The minimum absolute atomic E-state index is 0.281. The average Bonchev–Trinajstić information content (AvgIpc) is 3.14. The lowest BCUT2D eigenvalue weighted by molar-refractivity contribution is 0.0782. The molecular weight excluding hydrogens is 358 g/mol. The van der Waals surface area contributed by atoms with Gasteiger partial charge in [-0.25, -0.2) is 0 Å². The minimum Gasteiger partial charge on any atom is -0.382 e. The molecule has 0 bridgehead atoms. The van der Waals surface area contributed by atoms with Gasteiger partial charge in [0.1, 0.15) is 0 Å². The van der Waals surface area contributed by atoms with Crippen molar-refractivity contribution in [2.45, 2.75) is 70.5 Å². The van der Waals surface area contributed by atoms with Crippen LogP contribution in [-0.4, -0.2) is 62.5 Å². The molecule has 1 aliphatic heterocycles. The van der Waals surface area contributed by atoms with Crippen LogP contribution in [0.15, 0.2) is 4.99 Å². The molecular formula is C21H41N3O2S. The molecule has 0 radical (unpaired) electrons. The molecule has 2 N–H and O–H groups in total. The molecule has 1 aliphatic carbocycles. The zero-order chi connectivity index (χ0) is 19.4. The lowest BCUT2D eigenvalue weighted by Crippen LogP contribution is -2.48. The molecule has 27 heavy (non-hydrogen) atoms. The van der Waals surface area contributed by atoms with Crippen molar-refractivity contribution < 1.29 is 9.47 Å². The molecule has 0 spiro atoms. The number of guanidine groups is 1. The predicted octanol–water partition coefficient (Wildman–Crippen LogP) is 3.83. The number of hydrogen-bond donors (Lipinski definition) is 2. The predicted molar refractivity (Wildman–Crippen MR) is 117 cm³/mol. The van der Waals surface area contributed by atoms with Crippen LogP contribution < -0.4 is 10.6 Å². The van der Waals surface area contributed by atoms with Gasteiger partial charge in [0, 0.05) is 50.8 Å². The fourth-order valence-corrected chi connectivity index (χ4v) is 5.54. The topological polar surface area (TPSA) is 54.9 Å². The third-order valence-corrected chi connectivity index (χ3v) is 7.45. The van der Waals surface area contributed by atoms with E-state index in [1.807, 2.05) is 0 Å². The number of nitrogens with zero attached hydrogens (tertiary/aromatic N) is 1. The number of ether oxygens (including phenoxy) is 2. The highest BCUT2D eigenvalue weighted by molar-refractivity contribution is 8.00. The summed E-state index contributed by atoms with van der Waals surface area (Å²) in [7, 11) is 0. The van der Waals surface area contributed by atoms with E-state index in [-0.39, 0.29) is 4.75 Å². The maximum atomic E-state index is 5.65. The minimum atomic E-state index is 0.281. The molecule has 1 saturated heterocycles. The molecule has 0 atom stereocenters. The molecule has 2 rings (SSSR count). The summed E-state index contributed by atoms with van der Waals surface area (Å²) >= 11 is 2.07. The summed E-state index contributed by atoms with van der Waals surface area (Å²) in [6, 6.07) is 0. The third-order valence-electron chi connectivity index (χ3n) is 5.99. The lowest BCUT2D eigenvalue weighted by atomic mass is 9.83. The van der Waals surface area contributed by atoms with Gasteiger partial charge >= 0.3 is 0 Å². The van der Waals surface area contributed by atoms with Crippen LogP contribution >= 0.6 is 11.8 Å². The Hall–Kier alpha value is -0.460. The van der Waals surface area contributed by atoms with Crippen molar-refractivity contribution in [3.8, 4) is 0 Å². The van der Waals surface area contributed by atoms with Gasteiger partial charge in [-0.15, -0.1) is 0 Å². The Morgan fingerprint density at radius 1 is 1.07 bits per heavy atom. The quantitative estimate of drug-likeness (QED) is 0.314. The van der Waals surface area contributed by atoms with Gasteiger partial charge in [0.15, 0.2) is 5.96 Å². The van der Waals surface area contributed by atoms with Crippen molar-refractivity contribution >= 4 is 17.7 Å². The van der Waals surface area contributed by atoms with Crippen LogP contribution in [0, 0.1) is 5.41 Å². The average molecular weight is 400 g/mol. The second kappa shape index (κ2) is 12.2. The third kappa shape index (κ3) is 7.47. The first-order valence-corrected chi connectivity index (χ1v) is 12.0. The van der Waals surface area contributed by atoms with Gasteiger partial charge in [-0.05, 0) is 57.1 Å². The Morgan fingerprint density at radius 2 is 1.81 bits per heavy atom. The van der Waals surface area contributed by atoms with Gasteiger partial charge in [-0.1, -0.05) is 19.8 Å². The van der Waals surface area contributed by atoms with E-state index in [2.05, 4.69) is 43.2 Å². The maximum absolute atomic E-state index is 5.65. The molecule has 1 heterocycles. The van der Waals surface area contributed by atoms with Crippen LogP contribution in [0.5, 0.6) is 0 Å². The lowest BCUT2D eigenvalue weighted by Gasteiger charge is -2.37. The highest BCUT2D eigenvalue weighted by Gasteiger charge is 2.34. The fourth-order valence-electron chi connectivity index (χ4n) is 4.30. The monoisotopic (exact) mass is 399 g/mol. The van der Waals surface area contributed by atoms with E-state index >= 15 is 0 Å². The zero-order valence-corrected chi connectivity index (χ0v) is 18.6. The van der Waals surface area contributed by atoms with Gasteiger partial charge in [0.2, 0.25) is 0 Å². The molecule has 158 valence electrons. The fraction of sp³-hybridized carbons (Fsp3) is 0.952. The Kier molecular flexibility index (Phi) is 10.3. The number of thioether (sulfide) groups is 1. The van der Waals surface area contributed by atoms with Gasteiger partial charge in [0.05, 0.1) is 0 Å². The molecule has 0 unspecified atom stereocenters. The van der Waals surface area contributed by atoms with E-state index in [9.17, 15) is 0 Å². The van der Waals surface area contributed by atoms with Gasteiger partial charge in [-0.3, -0.25) is 4.99 Å². The van der Waals surface area contributed by atoms with Crippen molar-refractivity contribution in [3.05, 3.63) is 0 Å². The standard InChI is InChI=1S/C21H41N3O2S/c1-4-22-19(24-18-21(27-6-3)12-15-26-16-13-21)23-17-20(9-7-8-10-20)11-14-25-5-2/h4-18H2,1-3H3,(H2,22,23,24). The van der Waals surface area contributed by atoms with E-state index < -0.39 is 0 Å². The highest BCUT2D eigenvalue weighted by Crippen LogP contribution is 2.41. The molecule has 0 amide bonds. The van der Waals surface area contributed by atoms with E-state index in [0.717, 1.165) is 77.0 Å². The Balaban J connectivity index is 1.95. The Morgan fingerprint density at radius 3 is 2.44 bits per heavy atom. The highest BCUT2D eigenvalue weighted by atomic mass is 32.2. The first kappa shape index (κ1) is 22.8. The molecule has 1 saturated carbocycles. The van der Waals surface area contributed by atoms with Crippen LogP contribution in [0.4, 0.5) is 0 Å². The molecule has 2 fully saturated rings. The van der Waals surface area contributed by atoms with Crippen LogP contribution in [0.2, 0.25) is 0 Å². The second-order valence-electron chi connectivity index (χ2n) is 7.93. The molecule has 2 aliphatic rings. The van der Waals surface area contributed by atoms with Crippen LogP contribution in [0.25, 0.3) is 0 Å². The number of rotatable bonds is 11. The smallest absolute Gasteiger partial charge is 0.191 e.